The number of benzene rings is 1. The van der Waals surface area contributed by atoms with Gasteiger partial charge in [0.1, 0.15) is 0 Å². The lowest BCUT2D eigenvalue weighted by atomic mass is 10.1. The molecule has 0 aliphatic heterocycles. The van der Waals surface area contributed by atoms with Gasteiger partial charge in [0.25, 0.3) is 0 Å². The second-order valence-electron chi connectivity index (χ2n) is 3.71. The van der Waals surface area contributed by atoms with Gasteiger partial charge in [-0.25, -0.2) is 0 Å². The van der Waals surface area contributed by atoms with Gasteiger partial charge in [-0.05, 0) is 24.6 Å². The summed E-state index contributed by atoms with van der Waals surface area (Å²) >= 11 is 0. The first kappa shape index (κ1) is 12.7. The van der Waals surface area contributed by atoms with Crippen LogP contribution in [0.1, 0.15) is 24.9 Å². The van der Waals surface area contributed by atoms with Crippen LogP contribution in [0.3, 0.4) is 0 Å². The Morgan fingerprint density at radius 2 is 2.31 bits per heavy atom. The first-order valence-electron chi connectivity index (χ1n) is 5.28. The van der Waals surface area contributed by atoms with Crippen molar-refractivity contribution in [1.29, 1.82) is 0 Å². The van der Waals surface area contributed by atoms with Crippen LogP contribution < -0.4 is 11.1 Å². The summed E-state index contributed by atoms with van der Waals surface area (Å²) in [5, 5.41) is 2.80. The molecule has 0 spiro atoms. The van der Waals surface area contributed by atoms with Gasteiger partial charge in [-0.15, -0.1) is 0 Å². The second kappa shape index (κ2) is 6.25. The number of hydrogen-bond acceptors (Lipinski definition) is 3. The molecule has 0 fully saturated rings. The molecule has 1 atom stereocenters. The largest absolute Gasteiger partial charge is 0.384 e. The molecule has 0 saturated heterocycles. The van der Waals surface area contributed by atoms with Gasteiger partial charge in [-0.3, -0.25) is 4.79 Å². The summed E-state index contributed by atoms with van der Waals surface area (Å²) in [6.45, 7) is 2.34. The molecule has 1 amide bonds. The Morgan fingerprint density at radius 3 is 2.94 bits per heavy atom. The van der Waals surface area contributed by atoms with Crippen LogP contribution in [0.5, 0.6) is 0 Å². The van der Waals surface area contributed by atoms with Crippen LogP contribution in [0.2, 0.25) is 0 Å². The van der Waals surface area contributed by atoms with Gasteiger partial charge in [0, 0.05) is 18.8 Å². The zero-order chi connectivity index (χ0) is 12.0. The standard InChI is InChI=1S/C12H18N2O2/c1-9(13)10-4-3-5-11(8-10)14-12(15)6-7-16-2/h3-5,8-9H,6-7,13H2,1-2H3,(H,14,15). The summed E-state index contributed by atoms with van der Waals surface area (Å²) in [5.74, 6) is -0.0522. The van der Waals surface area contributed by atoms with Crippen LogP contribution >= 0.6 is 0 Å². The number of amides is 1. The molecule has 1 aromatic carbocycles. The van der Waals surface area contributed by atoms with Crippen molar-refractivity contribution in [3.63, 3.8) is 0 Å². The van der Waals surface area contributed by atoms with E-state index in [-0.39, 0.29) is 11.9 Å². The predicted octanol–water partition coefficient (Wildman–Crippen LogP) is 1.68. The van der Waals surface area contributed by atoms with Crippen LogP contribution in [-0.4, -0.2) is 19.6 Å². The average Bonchev–Trinajstić information content (AvgIpc) is 2.26. The lowest BCUT2D eigenvalue weighted by Gasteiger charge is -2.09. The number of hydrogen-bond donors (Lipinski definition) is 2. The quantitative estimate of drug-likeness (QED) is 0.796. The van der Waals surface area contributed by atoms with Crippen molar-refractivity contribution in [1.82, 2.24) is 0 Å². The molecule has 0 bridgehead atoms. The molecule has 0 aliphatic rings. The Kier molecular flexibility index (Phi) is 4.95. The molecule has 1 unspecified atom stereocenters. The highest BCUT2D eigenvalue weighted by Crippen LogP contribution is 2.15. The van der Waals surface area contributed by atoms with Crippen LogP contribution in [0.4, 0.5) is 5.69 Å². The highest BCUT2D eigenvalue weighted by molar-refractivity contribution is 5.90. The minimum Gasteiger partial charge on any atom is -0.384 e. The minimum atomic E-state index is -0.0522. The van der Waals surface area contributed by atoms with E-state index in [1.54, 1.807) is 7.11 Å². The number of rotatable bonds is 5. The van der Waals surface area contributed by atoms with Crippen molar-refractivity contribution in [3.8, 4) is 0 Å². The number of ether oxygens (including phenoxy) is 1. The number of nitrogens with two attached hydrogens (primary N) is 1. The number of carbonyl (C=O) groups is 1. The fourth-order valence-corrected chi connectivity index (χ4v) is 1.32. The van der Waals surface area contributed by atoms with E-state index >= 15 is 0 Å². The molecular weight excluding hydrogens is 204 g/mol. The minimum absolute atomic E-state index is 0.0316. The van der Waals surface area contributed by atoms with Gasteiger partial charge in [-0.2, -0.15) is 0 Å². The summed E-state index contributed by atoms with van der Waals surface area (Å²) in [4.78, 5) is 11.4. The molecule has 1 aromatic rings. The first-order valence-corrected chi connectivity index (χ1v) is 5.28. The van der Waals surface area contributed by atoms with E-state index < -0.39 is 0 Å². The zero-order valence-electron chi connectivity index (χ0n) is 9.69. The molecule has 4 nitrogen and oxygen atoms in total. The number of anilines is 1. The maximum Gasteiger partial charge on any atom is 0.226 e. The van der Waals surface area contributed by atoms with Gasteiger partial charge in [-0.1, -0.05) is 12.1 Å². The SMILES string of the molecule is COCCC(=O)Nc1cccc(C(C)N)c1. The average molecular weight is 222 g/mol. The van der Waals surface area contributed by atoms with E-state index in [2.05, 4.69) is 5.32 Å². The third-order valence-corrected chi connectivity index (χ3v) is 2.23. The monoisotopic (exact) mass is 222 g/mol. The highest BCUT2D eigenvalue weighted by atomic mass is 16.5. The van der Waals surface area contributed by atoms with Crippen molar-refractivity contribution >= 4 is 11.6 Å². The molecule has 0 radical (unpaired) electrons. The second-order valence-corrected chi connectivity index (χ2v) is 3.71. The summed E-state index contributed by atoms with van der Waals surface area (Å²) in [7, 11) is 1.57. The molecule has 0 heterocycles. The fraction of sp³-hybridized carbons (Fsp3) is 0.417. The molecule has 88 valence electrons. The van der Waals surface area contributed by atoms with Gasteiger partial charge in [0.05, 0.1) is 13.0 Å². The number of methoxy groups -OCH3 is 1. The van der Waals surface area contributed by atoms with Gasteiger partial charge in [0.2, 0.25) is 5.91 Å². The number of carbonyl (C=O) groups excluding carboxylic acids is 1. The Balaban J connectivity index is 2.59. The highest BCUT2D eigenvalue weighted by Gasteiger charge is 2.04. The molecule has 3 N–H and O–H groups in total. The van der Waals surface area contributed by atoms with Crippen molar-refractivity contribution in [2.45, 2.75) is 19.4 Å². The molecule has 16 heavy (non-hydrogen) atoms. The normalized spacial score (nSPS) is 12.2. The van der Waals surface area contributed by atoms with Crippen molar-refractivity contribution < 1.29 is 9.53 Å². The predicted molar refractivity (Wildman–Crippen MR) is 64.2 cm³/mol. The molecule has 4 heteroatoms. The third kappa shape index (κ3) is 4.00. The van der Waals surface area contributed by atoms with E-state index in [0.29, 0.717) is 13.0 Å². The van der Waals surface area contributed by atoms with Crippen molar-refractivity contribution in [3.05, 3.63) is 29.8 Å². The molecule has 0 aromatic heterocycles. The summed E-state index contributed by atoms with van der Waals surface area (Å²) in [6.07, 6.45) is 0.360. The Bertz CT molecular complexity index is 351. The Morgan fingerprint density at radius 1 is 1.56 bits per heavy atom. The van der Waals surface area contributed by atoms with Gasteiger partial charge in [0.15, 0.2) is 0 Å². The van der Waals surface area contributed by atoms with Crippen LogP contribution in [0, 0.1) is 0 Å². The lowest BCUT2D eigenvalue weighted by Crippen LogP contribution is -2.14. The maximum absolute atomic E-state index is 11.4. The Labute approximate surface area is 95.8 Å². The Hall–Kier alpha value is -1.39. The molecule has 0 aliphatic carbocycles. The fourth-order valence-electron chi connectivity index (χ4n) is 1.32. The lowest BCUT2D eigenvalue weighted by molar-refractivity contribution is -0.117. The summed E-state index contributed by atoms with van der Waals surface area (Å²) in [5.41, 5.74) is 7.54. The number of nitrogens with one attached hydrogen (secondary N) is 1. The molecule has 1 rings (SSSR count). The van der Waals surface area contributed by atoms with E-state index in [1.165, 1.54) is 0 Å². The van der Waals surface area contributed by atoms with Crippen molar-refractivity contribution in [2.24, 2.45) is 5.73 Å². The van der Waals surface area contributed by atoms with Crippen molar-refractivity contribution in [2.75, 3.05) is 19.0 Å². The third-order valence-electron chi connectivity index (χ3n) is 2.23. The topological polar surface area (TPSA) is 64.3 Å². The van der Waals surface area contributed by atoms with Gasteiger partial charge >= 0.3 is 0 Å². The van der Waals surface area contributed by atoms with Crippen LogP contribution in [0.25, 0.3) is 0 Å². The molecular formula is C12H18N2O2. The van der Waals surface area contributed by atoms with E-state index in [9.17, 15) is 4.79 Å². The maximum atomic E-state index is 11.4. The van der Waals surface area contributed by atoms with Crippen LogP contribution in [-0.2, 0) is 9.53 Å². The first-order chi connectivity index (χ1) is 7.63. The molecule has 0 saturated carbocycles. The summed E-state index contributed by atoms with van der Waals surface area (Å²) < 4.78 is 4.83. The summed E-state index contributed by atoms with van der Waals surface area (Å²) in [6, 6.07) is 7.52. The smallest absolute Gasteiger partial charge is 0.226 e. The van der Waals surface area contributed by atoms with Gasteiger partial charge < -0.3 is 15.8 Å². The van der Waals surface area contributed by atoms with E-state index in [0.717, 1.165) is 11.3 Å². The van der Waals surface area contributed by atoms with Crippen LogP contribution in [0.15, 0.2) is 24.3 Å². The van der Waals surface area contributed by atoms with E-state index in [1.807, 2.05) is 31.2 Å². The zero-order valence-corrected chi connectivity index (χ0v) is 9.69. The van der Waals surface area contributed by atoms with E-state index in [4.69, 9.17) is 10.5 Å².